The quantitative estimate of drug-likeness (QED) is 0.899. The molecule has 6 heteroatoms. The number of halogens is 1. The highest BCUT2D eigenvalue weighted by molar-refractivity contribution is 9.10. The fourth-order valence-electron chi connectivity index (χ4n) is 1.43. The summed E-state index contributed by atoms with van der Waals surface area (Å²) in [6.07, 6.45) is 1.60. The van der Waals surface area contributed by atoms with Crippen molar-refractivity contribution in [3.63, 3.8) is 0 Å². The van der Waals surface area contributed by atoms with Crippen LogP contribution in [0, 0.1) is 0 Å². The lowest BCUT2D eigenvalue weighted by Crippen LogP contribution is -2.16. The first-order valence-corrected chi connectivity index (χ1v) is 7.95. The minimum absolute atomic E-state index is 0.0812. The number of hydrogen-bond donors (Lipinski definition) is 1. The first kappa shape index (κ1) is 14.5. The molecule has 0 aliphatic rings. The summed E-state index contributed by atoms with van der Waals surface area (Å²) in [5.74, 6) is 0.788. The first-order valence-electron chi connectivity index (χ1n) is 5.10. The zero-order valence-corrected chi connectivity index (χ0v) is 12.2. The molecule has 0 aliphatic heterocycles. The summed E-state index contributed by atoms with van der Waals surface area (Å²) >= 11 is 3.40. The Bertz CT molecular complexity index is 487. The molecule has 0 saturated heterocycles. The molecule has 0 radical (unpaired) electrons. The van der Waals surface area contributed by atoms with E-state index in [-0.39, 0.29) is 11.8 Å². The van der Waals surface area contributed by atoms with Gasteiger partial charge in [-0.1, -0.05) is 15.9 Å². The lowest BCUT2D eigenvalue weighted by atomic mass is 10.1. The van der Waals surface area contributed by atoms with Crippen LogP contribution in [0.3, 0.4) is 0 Å². The maximum Gasteiger partial charge on any atom is 0.147 e. The van der Waals surface area contributed by atoms with E-state index in [2.05, 4.69) is 15.9 Å². The Balaban J connectivity index is 2.84. The number of ether oxygens (including phenoxy) is 1. The highest BCUT2D eigenvalue weighted by Crippen LogP contribution is 2.28. The molecule has 2 N–H and O–H groups in total. The Morgan fingerprint density at radius 3 is 2.65 bits per heavy atom. The molecule has 0 bridgehead atoms. The van der Waals surface area contributed by atoms with Gasteiger partial charge in [0.15, 0.2) is 0 Å². The van der Waals surface area contributed by atoms with Gasteiger partial charge >= 0.3 is 0 Å². The van der Waals surface area contributed by atoms with Crippen molar-refractivity contribution in [2.24, 2.45) is 5.73 Å². The van der Waals surface area contributed by atoms with Crippen LogP contribution in [-0.4, -0.2) is 27.5 Å². The maximum atomic E-state index is 11.1. The van der Waals surface area contributed by atoms with Crippen LogP contribution in [0.4, 0.5) is 0 Å². The van der Waals surface area contributed by atoms with Crippen molar-refractivity contribution >= 4 is 25.8 Å². The standard InChI is InChI=1S/C11H16BrNO3S/c1-16-8-3-4-10(12)9(7-8)11(13)5-6-17(2,14)15/h3-4,7,11H,5-6,13H2,1-2H3. The van der Waals surface area contributed by atoms with Crippen LogP contribution in [0.2, 0.25) is 0 Å². The molecule has 0 aliphatic carbocycles. The molecule has 0 fully saturated rings. The lowest BCUT2D eigenvalue weighted by Gasteiger charge is -2.14. The second-order valence-corrected chi connectivity index (χ2v) is 7.03. The van der Waals surface area contributed by atoms with Crippen LogP contribution in [0.5, 0.6) is 5.75 Å². The van der Waals surface area contributed by atoms with Crippen molar-refractivity contribution in [3.05, 3.63) is 28.2 Å². The van der Waals surface area contributed by atoms with E-state index >= 15 is 0 Å². The molecule has 1 aromatic rings. The van der Waals surface area contributed by atoms with Crippen LogP contribution >= 0.6 is 15.9 Å². The number of methoxy groups -OCH3 is 1. The average molecular weight is 322 g/mol. The molecule has 4 nitrogen and oxygen atoms in total. The predicted molar refractivity (Wildman–Crippen MR) is 72.0 cm³/mol. The molecule has 0 amide bonds. The largest absolute Gasteiger partial charge is 0.497 e. The molecule has 0 heterocycles. The summed E-state index contributed by atoms with van der Waals surface area (Å²) in [6.45, 7) is 0. The number of hydrogen-bond acceptors (Lipinski definition) is 4. The summed E-state index contributed by atoms with van der Waals surface area (Å²) in [4.78, 5) is 0. The summed E-state index contributed by atoms with van der Waals surface area (Å²) < 4.78 is 28.1. The lowest BCUT2D eigenvalue weighted by molar-refractivity contribution is 0.413. The van der Waals surface area contributed by atoms with E-state index in [4.69, 9.17) is 10.5 Å². The SMILES string of the molecule is COc1ccc(Br)c(C(N)CCS(C)(=O)=O)c1. The third-order valence-corrected chi connectivity index (χ3v) is 4.10. The minimum atomic E-state index is -2.98. The molecule has 96 valence electrons. The molecule has 0 spiro atoms. The van der Waals surface area contributed by atoms with Crippen molar-refractivity contribution in [2.75, 3.05) is 19.1 Å². The summed E-state index contributed by atoms with van der Waals surface area (Å²) in [5.41, 5.74) is 6.83. The van der Waals surface area contributed by atoms with Crippen molar-refractivity contribution in [2.45, 2.75) is 12.5 Å². The van der Waals surface area contributed by atoms with Crippen molar-refractivity contribution in [3.8, 4) is 5.75 Å². The summed E-state index contributed by atoms with van der Waals surface area (Å²) in [6, 6.07) is 5.15. The fraction of sp³-hybridized carbons (Fsp3) is 0.455. The van der Waals surface area contributed by atoms with Gasteiger partial charge in [-0.15, -0.1) is 0 Å². The topological polar surface area (TPSA) is 69.4 Å². The molecule has 1 aromatic carbocycles. The van der Waals surface area contributed by atoms with E-state index in [9.17, 15) is 8.42 Å². The van der Waals surface area contributed by atoms with Crippen molar-refractivity contribution in [1.29, 1.82) is 0 Å². The second kappa shape index (κ2) is 5.84. The maximum absolute atomic E-state index is 11.1. The molecule has 0 saturated carbocycles. The smallest absolute Gasteiger partial charge is 0.147 e. The van der Waals surface area contributed by atoms with E-state index in [1.54, 1.807) is 7.11 Å². The Morgan fingerprint density at radius 2 is 2.12 bits per heavy atom. The van der Waals surface area contributed by atoms with Gasteiger partial charge in [0.2, 0.25) is 0 Å². The highest BCUT2D eigenvalue weighted by Gasteiger charge is 2.13. The van der Waals surface area contributed by atoms with Crippen molar-refractivity contribution in [1.82, 2.24) is 0 Å². The molecular weight excluding hydrogens is 306 g/mol. The normalized spacial score (nSPS) is 13.4. The highest BCUT2D eigenvalue weighted by atomic mass is 79.9. The number of rotatable bonds is 5. The van der Waals surface area contributed by atoms with Gasteiger partial charge in [0.1, 0.15) is 15.6 Å². The van der Waals surface area contributed by atoms with Gasteiger partial charge in [-0.05, 0) is 30.2 Å². The molecule has 0 aromatic heterocycles. The number of benzene rings is 1. The van der Waals surface area contributed by atoms with Gasteiger partial charge < -0.3 is 10.5 Å². The fourth-order valence-corrected chi connectivity index (χ4v) is 2.65. The molecule has 1 rings (SSSR count). The van der Waals surface area contributed by atoms with Gasteiger partial charge in [-0.3, -0.25) is 0 Å². The zero-order chi connectivity index (χ0) is 13.1. The van der Waals surface area contributed by atoms with Crippen LogP contribution < -0.4 is 10.5 Å². The van der Waals surface area contributed by atoms with Gasteiger partial charge in [0.25, 0.3) is 0 Å². The van der Waals surface area contributed by atoms with Gasteiger partial charge in [0, 0.05) is 16.8 Å². The van der Waals surface area contributed by atoms with Gasteiger partial charge in [-0.25, -0.2) is 8.42 Å². The van der Waals surface area contributed by atoms with Crippen LogP contribution in [0.25, 0.3) is 0 Å². The Hall–Kier alpha value is -0.590. The Morgan fingerprint density at radius 1 is 1.47 bits per heavy atom. The van der Waals surface area contributed by atoms with E-state index in [0.717, 1.165) is 10.0 Å². The molecular formula is C11H16BrNO3S. The zero-order valence-electron chi connectivity index (χ0n) is 9.81. The minimum Gasteiger partial charge on any atom is -0.497 e. The Labute approximate surface area is 110 Å². The van der Waals surface area contributed by atoms with E-state index < -0.39 is 9.84 Å². The van der Waals surface area contributed by atoms with Crippen LogP contribution in [-0.2, 0) is 9.84 Å². The van der Waals surface area contributed by atoms with Gasteiger partial charge in [-0.2, -0.15) is 0 Å². The third-order valence-electron chi connectivity index (χ3n) is 2.40. The molecule has 1 atom stereocenters. The number of nitrogens with two attached hydrogens (primary N) is 1. The molecule has 1 unspecified atom stereocenters. The monoisotopic (exact) mass is 321 g/mol. The third kappa shape index (κ3) is 4.65. The molecule has 17 heavy (non-hydrogen) atoms. The van der Waals surface area contributed by atoms with Gasteiger partial charge in [0.05, 0.1) is 12.9 Å². The Kier molecular flexibility index (Phi) is 4.97. The first-order chi connectivity index (χ1) is 7.83. The number of sulfone groups is 1. The van der Waals surface area contributed by atoms with Crippen molar-refractivity contribution < 1.29 is 13.2 Å². The summed E-state index contributed by atoms with van der Waals surface area (Å²) in [7, 11) is -1.40. The van der Waals surface area contributed by atoms with Crippen LogP contribution in [0.1, 0.15) is 18.0 Å². The van der Waals surface area contributed by atoms with E-state index in [1.165, 1.54) is 6.26 Å². The van der Waals surface area contributed by atoms with E-state index in [0.29, 0.717) is 12.2 Å². The average Bonchev–Trinajstić information content (AvgIpc) is 2.25. The van der Waals surface area contributed by atoms with E-state index in [1.807, 2.05) is 18.2 Å². The van der Waals surface area contributed by atoms with Crippen LogP contribution in [0.15, 0.2) is 22.7 Å². The summed E-state index contributed by atoms with van der Waals surface area (Å²) in [5, 5.41) is 0. The second-order valence-electron chi connectivity index (χ2n) is 3.91. The predicted octanol–water partition coefficient (Wildman–Crippen LogP) is 1.89.